The van der Waals surface area contributed by atoms with Gasteiger partial charge in [0.1, 0.15) is 0 Å². The quantitative estimate of drug-likeness (QED) is 0.620. The molecule has 2 fully saturated rings. The highest BCUT2D eigenvalue weighted by molar-refractivity contribution is 5.03. The summed E-state index contributed by atoms with van der Waals surface area (Å²) in [6, 6.07) is 0. The third kappa shape index (κ3) is 0.800. The van der Waals surface area contributed by atoms with Crippen molar-refractivity contribution in [2.24, 2.45) is 23.0 Å². The third-order valence-electron chi connectivity index (χ3n) is 3.64. The maximum absolute atomic E-state index is 5.76. The van der Waals surface area contributed by atoms with E-state index in [2.05, 4.69) is 6.92 Å². The van der Waals surface area contributed by atoms with Gasteiger partial charge in [-0.25, -0.2) is 0 Å². The Morgan fingerprint density at radius 1 is 1.40 bits per heavy atom. The molecular weight excluding hydrogens is 122 g/mol. The van der Waals surface area contributed by atoms with Crippen molar-refractivity contribution >= 4 is 0 Å². The lowest BCUT2D eigenvalue weighted by molar-refractivity contribution is 0.264. The Kier molecular flexibility index (Phi) is 1.31. The van der Waals surface area contributed by atoms with Crippen LogP contribution < -0.4 is 5.73 Å². The predicted molar refractivity (Wildman–Crippen MR) is 42.6 cm³/mol. The Hall–Kier alpha value is -0.0400. The van der Waals surface area contributed by atoms with Gasteiger partial charge < -0.3 is 5.73 Å². The minimum atomic E-state index is 0.577. The van der Waals surface area contributed by atoms with Crippen LogP contribution in [0.5, 0.6) is 0 Å². The van der Waals surface area contributed by atoms with E-state index in [1.165, 1.54) is 25.7 Å². The predicted octanol–water partition coefficient (Wildman–Crippen LogP) is 1.77. The third-order valence-corrected chi connectivity index (χ3v) is 3.64. The highest BCUT2D eigenvalue weighted by Crippen LogP contribution is 2.60. The first kappa shape index (κ1) is 6.66. The summed E-state index contributed by atoms with van der Waals surface area (Å²) in [5.74, 6) is 2.17. The van der Waals surface area contributed by atoms with Gasteiger partial charge in [0, 0.05) is 0 Å². The molecule has 0 aromatic rings. The van der Waals surface area contributed by atoms with E-state index >= 15 is 0 Å². The Morgan fingerprint density at radius 2 is 2.00 bits per heavy atom. The van der Waals surface area contributed by atoms with Gasteiger partial charge in [-0.3, -0.25) is 0 Å². The van der Waals surface area contributed by atoms with Crippen LogP contribution in [0.3, 0.4) is 0 Å². The van der Waals surface area contributed by atoms with Crippen LogP contribution in [0.1, 0.15) is 32.6 Å². The first-order valence-corrected chi connectivity index (χ1v) is 4.50. The van der Waals surface area contributed by atoms with Gasteiger partial charge in [0.05, 0.1) is 0 Å². The van der Waals surface area contributed by atoms with Crippen molar-refractivity contribution < 1.29 is 0 Å². The van der Waals surface area contributed by atoms with Crippen LogP contribution in [0.15, 0.2) is 0 Å². The van der Waals surface area contributed by atoms with Gasteiger partial charge in [-0.15, -0.1) is 0 Å². The van der Waals surface area contributed by atoms with Crippen molar-refractivity contribution in [3.8, 4) is 0 Å². The lowest BCUT2D eigenvalue weighted by Gasteiger charge is -2.27. The fraction of sp³-hybridized carbons (Fsp3) is 1.00. The summed E-state index contributed by atoms with van der Waals surface area (Å²) in [7, 11) is 0. The maximum Gasteiger partial charge on any atom is -0.00204 e. The molecule has 0 saturated heterocycles. The van der Waals surface area contributed by atoms with E-state index in [0.29, 0.717) is 5.41 Å². The minimum absolute atomic E-state index is 0.577. The molecule has 0 bridgehead atoms. The van der Waals surface area contributed by atoms with Crippen molar-refractivity contribution in [3.05, 3.63) is 0 Å². The Labute approximate surface area is 63.0 Å². The second-order valence-electron chi connectivity index (χ2n) is 4.22. The summed E-state index contributed by atoms with van der Waals surface area (Å²) in [5, 5.41) is 0. The van der Waals surface area contributed by atoms with Crippen molar-refractivity contribution in [3.63, 3.8) is 0 Å². The van der Waals surface area contributed by atoms with Crippen LogP contribution >= 0.6 is 0 Å². The summed E-state index contributed by atoms with van der Waals surface area (Å²) in [6.45, 7) is 3.22. The molecule has 2 rings (SSSR count). The van der Waals surface area contributed by atoms with Crippen LogP contribution in [-0.4, -0.2) is 6.54 Å². The SMILES string of the molecule is CCC1(CN)CC2CC2C1. The fourth-order valence-corrected chi connectivity index (χ4v) is 2.61. The first-order chi connectivity index (χ1) is 4.79. The van der Waals surface area contributed by atoms with Gasteiger partial charge in [0.25, 0.3) is 0 Å². The summed E-state index contributed by atoms with van der Waals surface area (Å²) < 4.78 is 0. The van der Waals surface area contributed by atoms with Gasteiger partial charge in [0.2, 0.25) is 0 Å². The van der Waals surface area contributed by atoms with Gasteiger partial charge in [-0.1, -0.05) is 6.92 Å². The molecule has 10 heavy (non-hydrogen) atoms. The molecule has 0 aliphatic heterocycles. The molecule has 58 valence electrons. The molecule has 1 heteroatoms. The average Bonchev–Trinajstić information content (AvgIpc) is 2.60. The van der Waals surface area contributed by atoms with E-state index in [-0.39, 0.29) is 0 Å². The van der Waals surface area contributed by atoms with E-state index in [1.54, 1.807) is 0 Å². The average molecular weight is 139 g/mol. The summed E-state index contributed by atoms with van der Waals surface area (Å²) in [6.07, 6.45) is 5.69. The Morgan fingerprint density at radius 3 is 2.30 bits per heavy atom. The molecule has 0 radical (unpaired) electrons. The van der Waals surface area contributed by atoms with E-state index < -0.39 is 0 Å². The van der Waals surface area contributed by atoms with E-state index in [9.17, 15) is 0 Å². The van der Waals surface area contributed by atoms with Crippen LogP contribution in [0.2, 0.25) is 0 Å². The second kappa shape index (κ2) is 1.97. The Bertz CT molecular complexity index is 126. The van der Waals surface area contributed by atoms with Crippen LogP contribution in [-0.2, 0) is 0 Å². The van der Waals surface area contributed by atoms with Crippen molar-refractivity contribution in [2.45, 2.75) is 32.6 Å². The molecule has 0 heterocycles. The Balaban J connectivity index is 2.02. The van der Waals surface area contributed by atoms with Gasteiger partial charge in [-0.2, -0.15) is 0 Å². The fourth-order valence-electron chi connectivity index (χ4n) is 2.61. The molecular formula is C9H17N. The number of hydrogen-bond donors (Lipinski definition) is 1. The topological polar surface area (TPSA) is 26.0 Å². The molecule has 0 spiro atoms. The van der Waals surface area contributed by atoms with E-state index in [1.807, 2.05) is 0 Å². The number of nitrogens with two attached hydrogens (primary N) is 1. The normalized spacial score (nSPS) is 51.0. The lowest BCUT2D eigenvalue weighted by atomic mass is 9.81. The zero-order valence-corrected chi connectivity index (χ0v) is 6.77. The lowest BCUT2D eigenvalue weighted by Crippen LogP contribution is -2.27. The molecule has 0 amide bonds. The molecule has 2 N–H and O–H groups in total. The molecule has 2 aliphatic rings. The van der Waals surface area contributed by atoms with Crippen molar-refractivity contribution in [1.29, 1.82) is 0 Å². The summed E-state index contributed by atoms with van der Waals surface area (Å²) >= 11 is 0. The summed E-state index contributed by atoms with van der Waals surface area (Å²) in [4.78, 5) is 0. The number of fused-ring (bicyclic) bond motifs is 1. The molecule has 2 atom stereocenters. The standard InChI is InChI=1S/C9H17N/c1-2-9(6-10)4-7-3-8(7)5-9/h7-8H,2-6,10H2,1H3. The van der Waals surface area contributed by atoms with E-state index in [4.69, 9.17) is 5.73 Å². The van der Waals surface area contributed by atoms with Gasteiger partial charge in [-0.05, 0) is 49.5 Å². The molecule has 2 unspecified atom stereocenters. The summed E-state index contributed by atoms with van der Waals surface area (Å²) in [5.41, 5.74) is 6.34. The van der Waals surface area contributed by atoms with Crippen molar-refractivity contribution in [2.75, 3.05) is 6.54 Å². The first-order valence-electron chi connectivity index (χ1n) is 4.50. The molecule has 2 saturated carbocycles. The van der Waals surface area contributed by atoms with Crippen molar-refractivity contribution in [1.82, 2.24) is 0 Å². The number of rotatable bonds is 2. The van der Waals surface area contributed by atoms with Gasteiger partial charge in [0.15, 0.2) is 0 Å². The number of hydrogen-bond acceptors (Lipinski definition) is 1. The zero-order valence-electron chi connectivity index (χ0n) is 6.77. The van der Waals surface area contributed by atoms with Crippen LogP contribution in [0.4, 0.5) is 0 Å². The van der Waals surface area contributed by atoms with Crippen LogP contribution in [0.25, 0.3) is 0 Å². The highest BCUT2D eigenvalue weighted by Gasteiger charge is 2.51. The van der Waals surface area contributed by atoms with Crippen LogP contribution in [0, 0.1) is 17.3 Å². The largest absolute Gasteiger partial charge is 0.330 e. The second-order valence-corrected chi connectivity index (χ2v) is 4.22. The molecule has 2 aliphatic carbocycles. The minimum Gasteiger partial charge on any atom is -0.330 e. The monoisotopic (exact) mass is 139 g/mol. The maximum atomic E-state index is 5.76. The highest BCUT2D eigenvalue weighted by atomic mass is 14.7. The molecule has 1 nitrogen and oxygen atoms in total. The van der Waals surface area contributed by atoms with Gasteiger partial charge >= 0.3 is 0 Å². The zero-order chi connectivity index (χ0) is 7.19. The molecule has 0 aromatic carbocycles. The molecule has 0 aromatic heterocycles. The van der Waals surface area contributed by atoms with E-state index in [0.717, 1.165) is 18.4 Å². The smallest absolute Gasteiger partial charge is 0.00204 e.